The number of carbonyl (C=O) groups is 2. The van der Waals surface area contributed by atoms with Gasteiger partial charge in [-0.1, -0.05) is 84.9 Å². The Labute approximate surface area is 188 Å². The summed E-state index contributed by atoms with van der Waals surface area (Å²) in [6, 6.07) is 24.5. The number of hydrogen-bond acceptors (Lipinski definition) is 3. The highest BCUT2D eigenvalue weighted by Gasteiger charge is 2.28. The number of Topliss-reactive ketones (excluding diaryl/α,β-unsaturated/α-hetero) is 1. The Hall–Kier alpha value is -3.66. The fraction of sp³-hybridized carbons (Fsp3) is 0.214. The number of fused-ring (bicyclic) bond motifs is 3. The van der Waals surface area contributed by atoms with E-state index in [-0.39, 0.29) is 11.7 Å². The average molecular weight is 426 g/mol. The molecule has 0 fully saturated rings. The Morgan fingerprint density at radius 2 is 1.62 bits per heavy atom. The van der Waals surface area contributed by atoms with Gasteiger partial charge in [-0.3, -0.25) is 4.79 Å². The maximum Gasteiger partial charge on any atom is 0.407 e. The minimum atomic E-state index is -0.399. The zero-order chi connectivity index (χ0) is 22.3. The molecule has 0 aromatic heterocycles. The number of hydrogen-bond donors (Lipinski definition) is 1. The second kappa shape index (κ2) is 10.1. The first-order chi connectivity index (χ1) is 15.6. The van der Waals surface area contributed by atoms with Gasteiger partial charge in [0.15, 0.2) is 0 Å². The monoisotopic (exact) mass is 425 g/mol. The first kappa shape index (κ1) is 21.6. The van der Waals surface area contributed by atoms with Crippen LogP contribution in [0.5, 0.6) is 0 Å². The lowest BCUT2D eigenvalue weighted by molar-refractivity contribution is -0.116. The van der Waals surface area contributed by atoms with Crippen LogP contribution in [0.4, 0.5) is 4.79 Å². The first-order valence-electron chi connectivity index (χ1n) is 11.0. The molecule has 0 saturated heterocycles. The number of carbonyl (C=O) groups excluding carboxylic acids is 2. The average Bonchev–Trinajstić information content (AvgIpc) is 3.11. The number of nitrogens with one attached hydrogen (secondary N) is 1. The molecule has 0 atom stereocenters. The van der Waals surface area contributed by atoms with Crippen LogP contribution in [0.25, 0.3) is 17.2 Å². The molecule has 4 nitrogen and oxygen atoms in total. The van der Waals surface area contributed by atoms with Crippen molar-refractivity contribution in [1.82, 2.24) is 5.32 Å². The van der Waals surface area contributed by atoms with Crippen LogP contribution in [0.1, 0.15) is 41.5 Å². The smallest absolute Gasteiger partial charge is 0.407 e. The predicted molar refractivity (Wildman–Crippen MR) is 128 cm³/mol. The number of alkyl carbamates (subject to hydrolysis) is 1. The van der Waals surface area contributed by atoms with E-state index in [4.69, 9.17) is 4.74 Å². The van der Waals surface area contributed by atoms with Crippen molar-refractivity contribution in [3.05, 3.63) is 101 Å². The normalized spacial score (nSPS) is 12.4. The lowest BCUT2D eigenvalue weighted by Crippen LogP contribution is -2.26. The summed E-state index contributed by atoms with van der Waals surface area (Å²) in [5.41, 5.74) is 6.90. The van der Waals surface area contributed by atoms with Gasteiger partial charge in [0.25, 0.3) is 0 Å². The Balaban J connectivity index is 1.25. The second-order valence-electron chi connectivity index (χ2n) is 8.07. The van der Waals surface area contributed by atoms with Gasteiger partial charge in [0, 0.05) is 18.9 Å². The van der Waals surface area contributed by atoms with Gasteiger partial charge < -0.3 is 10.1 Å². The molecule has 1 amide bonds. The summed E-state index contributed by atoms with van der Waals surface area (Å²) < 4.78 is 5.55. The summed E-state index contributed by atoms with van der Waals surface area (Å²) in [5, 5.41) is 2.82. The van der Waals surface area contributed by atoms with E-state index in [2.05, 4.69) is 29.6 Å². The molecule has 162 valence electrons. The Bertz CT molecular complexity index is 1100. The Morgan fingerprint density at radius 1 is 0.938 bits per heavy atom. The van der Waals surface area contributed by atoms with Crippen molar-refractivity contribution in [2.24, 2.45) is 0 Å². The number of benzene rings is 3. The van der Waals surface area contributed by atoms with E-state index in [0.717, 1.165) is 11.1 Å². The number of ether oxygens (including phenoxy) is 1. The third kappa shape index (κ3) is 5.14. The van der Waals surface area contributed by atoms with E-state index >= 15 is 0 Å². The zero-order valence-electron chi connectivity index (χ0n) is 18.2. The molecule has 0 saturated carbocycles. The lowest BCUT2D eigenvalue weighted by Gasteiger charge is -2.14. The minimum Gasteiger partial charge on any atom is -0.449 e. The van der Waals surface area contributed by atoms with Crippen LogP contribution in [0.15, 0.2) is 78.9 Å². The molecule has 1 N–H and O–H groups in total. The van der Waals surface area contributed by atoms with Gasteiger partial charge in [0.05, 0.1) is 0 Å². The molecular weight excluding hydrogens is 398 g/mol. The first-order valence-corrected chi connectivity index (χ1v) is 11.0. The molecule has 0 bridgehead atoms. The summed E-state index contributed by atoms with van der Waals surface area (Å²) in [7, 11) is 0. The number of ketones is 1. The summed E-state index contributed by atoms with van der Waals surface area (Å²) in [4.78, 5) is 23.5. The van der Waals surface area contributed by atoms with Crippen molar-refractivity contribution >= 4 is 18.0 Å². The van der Waals surface area contributed by atoms with Gasteiger partial charge in [0.1, 0.15) is 12.4 Å². The van der Waals surface area contributed by atoms with Gasteiger partial charge in [0.2, 0.25) is 0 Å². The molecule has 3 aromatic carbocycles. The third-order valence-electron chi connectivity index (χ3n) is 5.64. The molecule has 0 aliphatic heterocycles. The van der Waals surface area contributed by atoms with E-state index in [0.29, 0.717) is 26.0 Å². The van der Waals surface area contributed by atoms with Gasteiger partial charge in [-0.2, -0.15) is 0 Å². The van der Waals surface area contributed by atoms with Crippen molar-refractivity contribution in [1.29, 1.82) is 0 Å². The molecule has 1 aliphatic rings. The molecule has 0 spiro atoms. The van der Waals surface area contributed by atoms with Gasteiger partial charge >= 0.3 is 6.09 Å². The maximum atomic E-state index is 12.2. The van der Waals surface area contributed by atoms with Crippen LogP contribution in [-0.2, 0) is 16.0 Å². The topological polar surface area (TPSA) is 55.4 Å². The highest BCUT2D eigenvalue weighted by molar-refractivity contribution is 5.79. The van der Waals surface area contributed by atoms with E-state index in [1.165, 1.54) is 22.3 Å². The molecule has 0 unspecified atom stereocenters. The van der Waals surface area contributed by atoms with Crippen molar-refractivity contribution < 1.29 is 14.3 Å². The summed E-state index contributed by atoms with van der Waals surface area (Å²) in [6.45, 7) is 2.41. The van der Waals surface area contributed by atoms with Crippen molar-refractivity contribution in [2.45, 2.75) is 25.7 Å². The van der Waals surface area contributed by atoms with E-state index in [1.807, 2.05) is 60.7 Å². The highest BCUT2D eigenvalue weighted by Crippen LogP contribution is 2.44. The van der Waals surface area contributed by atoms with Crippen molar-refractivity contribution in [2.75, 3.05) is 13.2 Å². The van der Waals surface area contributed by atoms with Crippen LogP contribution >= 0.6 is 0 Å². The summed E-state index contributed by atoms with van der Waals surface area (Å²) >= 11 is 0. The SMILES string of the molecule is CC(=O)Cc1cccc(C=CCCNC(=O)OCC2c3ccccc3-c3ccccc32)c1. The maximum absolute atomic E-state index is 12.2. The van der Waals surface area contributed by atoms with Gasteiger partial charge in [-0.25, -0.2) is 4.79 Å². The van der Waals surface area contributed by atoms with Crippen LogP contribution in [-0.4, -0.2) is 25.0 Å². The molecule has 3 aromatic rings. The predicted octanol–water partition coefficient (Wildman–Crippen LogP) is 5.76. The van der Waals surface area contributed by atoms with Gasteiger partial charge in [-0.05, 0) is 46.7 Å². The van der Waals surface area contributed by atoms with Crippen LogP contribution in [0, 0.1) is 0 Å². The highest BCUT2D eigenvalue weighted by atomic mass is 16.5. The van der Waals surface area contributed by atoms with Crippen molar-refractivity contribution in [3.63, 3.8) is 0 Å². The zero-order valence-corrected chi connectivity index (χ0v) is 18.2. The van der Waals surface area contributed by atoms with E-state index in [1.54, 1.807) is 6.92 Å². The Kier molecular flexibility index (Phi) is 6.81. The summed E-state index contributed by atoms with van der Waals surface area (Å²) in [5.74, 6) is 0.216. The largest absolute Gasteiger partial charge is 0.449 e. The van der Waals surface area contributed by atoms with E-state index in [9.17, 15) is 9.59 Å². The molecular formula is C28H27NO3. The molecule has 32 heavy (non-hydrogen) atoms. The molecule has 0 heterocycles. The standard InChI is InChI=1S/C28H27NO3/c1-20(30)17-22-11-8-10-21(18-22)9-6-7-16-29-28(31)32-19-27-25-14-4-2-12-23(25)24-13-3-5-15-26(24)27/h2-6,8-15,18,27H,7,16-17,19H2,1H3,(H,29,31). The second-order valence-corrected chi connectivity index (χ2v) is 8.07. The van der Waals surface area contributed by atoms with Crippen LogP contribution in [0.2, 0.25) is 0 Å². The van der Waals surface area contributed by atoms with Crippen LogP contribution < -0.4 is 5.32 Å². The van der Waals surface area contributed by atoms with Gasteiger partial charge in [-0.15, -0.1) is 0 Å². The number of rotatable bonds is 8. The van der Waals surface area contributed by atoms with E-state index < -0.39 is 6.09 Å². The summed E-state index contributed by atoms with van der Waals surface area (Å²) in [6.07, 6.45) is 4.76. The fourth-order valence-corrected chi connectivity index (χ4v) is 4.22. The third-order valence-corrected chi connectivity index (χ3v) is 5.64. The van der Waals surface area contributed by atoms with Crippen molar-refractivity contribution in [3.8, 4) is 11.1 Å². The Morgan fingerprint density at radius 3 is 2.31 bits per heavy atom. The molecule has 4 rings (SSSR count). The molecule has 4 heteroatoms. The molecule has 1 aliphatic carbocycles. The van der Waals surface area contributed by atoms with Crippen LogP contribution in [0.3, 0.4) is 0 Å². The lowest BCUT2D eigenvalue weighted by atomic mass is 9.98. The fourth-order valence-electron chi connectivity index (χ4n) is 4.22. The quantitative estimate of drug-likeness (QED) is 0.467. The number of amides is 1. The molecule has 0 radical (unpaired) electrons. The minimum absolute atomic E-state index is 0.0651.